The molecule has 0 bridgehead atoms. The van der Waals surface area contributed by atoms with Crippen LogP contribution in [0.5, 0.6) is 0 Å². The van der Waals surface area contributed by atoms with Crippen molar-refractivity contribution in [1.82, 2.24) is 19.9 Å². The second kappa shape index (κ2) is 11.1. The number of non-ortho nitro benzene ring substituents is 1. The zero-order chi connectivity index (χ0) is 27.6. The predicted octanol–water partition coefficient (Wildman–Crippen LogP) is 7.16. The summed E-state index contributed by atoms with van der Waals surface area (Å²) >= 11 is 13.5. The number of nitro benzene ring substituents is 1. The maximum absolute atomic E-state index is 11.0. The number of nitrogens with zero attached hydrogens (tertiary/aromatic N) is 5. The van der Waals surface area contributed by atoms with E-state index in [0.717, 1.165) is 32.7 Å². The first kappa shape index (κ1) is 26.0. The maximum Gasteiger partial charge on any atom is 0.269 e. The third kappa shape index (κ3) is 5.16. The number of hydrogen-bond donors (Lipinski definition) is 1. The molecule has 2 atom stereocenters. The van der Waals surface area contributed by atoms with Crippen molar-refractivity contribution in [3.05, 3.63) is 136 Å². The van der Waals surface area contributed by atoms with Gasteiger partial charge in [-0.25, -0.2) is 4.98 Å². The minimum atomic E-state index is -0.399. The lowest BCUT2D eigenvalue weighted by atomic mass is 10.0. The van der Waals surface area contributed by atoms with Crippen LogP contribution in [0, 0.1) is 10.1 Å². The lowest BCUT2D eigenvalue weighted by Gasteiger charge is -2.29. The molecule has 3 aromatic heterocycles. The van der Waals surface area contributed by atoms with E-state index in [1.165, 1.54) is 23.9 Å². The van der Waals surface area contributed by atoms with Crippen LogP contribution in [0.25, 0.3) is 5.82 Å². The van der Waals surface area contributed by atoms with E-state index in [4.69, 9.17) is 23.8 Å². The van der Waals surface area contributed by atoms with Crippen molar-refractivity contribution in [3.8, 4) is 5.82 Å². The number of anilines is 1. The number of rotatable bonds is 7. The molecule has 0 amide bonds. The lowest BCUT2D eigenvalue weighted by Crippen LogP contribution is -2.30. The van der Waals surface area contributed by atoms with Crippen LogP contribution in [0.3, 0.4) is 0 Å². The predicted molar refractivity (Wildman–Crippen MR) is 160 cm³/mol. The molecule has 1 aliphatic heterocycles. The Balaban J connectivity index is 1.35. The summed E-state index contributed by atoms with van der Waals surface area (Å²) in [5.41, 5.74) is 2.86. The van der Waals surface area contributed by atoms with E-state index in [-0.39, 0.29) is 17.8 Å². The number of thiocarbonyl (C=S) groups is 1. The molecule has 0 aliphatic carbocycles. The van der Waals surface area contributed by atoms with Crippen molar-refractivity contribution in [3.63, 3.8) is 0 Å². The highest BCUT2D eigenvalue weighted by Gasteiger charge is 2.42. The van der Waals surface area contributed by atoms with Crippen molar-refractivity contribution in [2.75, 3.05) is 4.90 Å². The molecule has 11 heteroatoms. The van der Waals surface area contributed by atoms with Crippen LogP contribution in [0.15, 0.2) is 119 Å². The van der Waals surface area contributed by atoms with Gasteiger partial charge in [0, 0.05) is 51.9 Å². The van der Waals surface area contributed by atoms with Gasteiger partial charge in [0.2, 0.25) is 0 Å². The Morgan fingerprint density at radius 2 is 1.68 bits per heavy atom. The molecular formula is C29H21ClN6O2S2. The molecule has 198 valence electrons. The van der Waals surface area contributed by atoms with Gasteiger partial charge in [-0.1, -0.05) is 29.4 Å². The SMILES string of the molecule is O=[N+]([O-])c1ccc(Sc2ccc(N3C(=S)N[C@H](c4ccccn4)[C@@H]3c3cccn3-c3ccc(Cl)cn3)cc2)cc1. The van der Waals surface area contributed by atoms with Crippen LogP contribution in [-0.4, -0.2) is 24.6 Å². The number of aromatic nitrogens is 3. The summed E-state index contributed by atoms with van der Waals surface area (Å²) in [6.07, 6.45) is 5.39. The van der Waals surface area contributed by atoms with Gasteiger partial charge >= 0.3 is 0 Å². The van der Waals surface area contributed by atoms with Crippen LogP contribution in [0.1, 0.15) is 23.5 Å². The molecule has 1 fully saturated rings. The second-order valence-electron chi connectivity index (χ2n) is 8.98. The molecule has 0 saturated carbocycles. The van der Waals surface area contributed by atoms with E-state index in [1.807, 2.05) is 71.4 Å². The van der Waals surface area contributed by atoms with E-state index in [0.29, 0.717) is 10.1 Å². The van der Waals surface area contributed by atoms with Gasteiger partial charge in [-0.15, -0.1) is 0 Å². The molecule has 1 saturated heterocycles. The third-order valence-corrected chi connectivity index (χ3v) is 8.09. The summed E-state index contributed by atoms with van der Waals surface area (Å²) in [6.45, 7) is 0. The number of benzene rings is 2. The summed E-state index contributed by atoms with van der Waals surface area (Å²) in [7, 11) is 0. The number of nitrogens with one attached hydrogen (secondary N) is 1. The minimum absolute atomic E-state index is 0.0711. The van der Waals surface area contributed by atoms with Crippen molar-refractivity contribution in [1.29, 1.82) is 0 Å². The summed E-state index contributed by atoms with van der Waals surface area (Å²) in [5.74, 6) is 0.747. The quantitative estimate of drug-likeness (QED) is 0.122. The number of halogens is 1. The zero-order valence-electron chi connectivity index (χ0n) is 20.8. The first-order chi connectivity index (χ1) is 19.5. The van der Waals surface area contributed by atoms with Crippen LogP contribution >= 0.6 is 35.6 Å². The van der Waals surface area contributed by atoms with E-state index >= 15 is 0 Å². The molecule has 0 radical (unpaired) electrons. The highest BCUT2D eigenvalue weighted by atomic mass is 35.5. The van der Waals surface area contributed by atoms with Gasteiger partial charge in [0.05, 0.1) is 21.7 Å². The molecule has 2 aromatic carbocycles. The average Bonchev–Trinajstić information content (AvgIpc) is 3.59. The van der Waals surface area contributed by atoms with Gasteiger partial charge in [-0.05, 0) is 85.0 Å². The first-order valence-corrected chi connectivity index (χ1v) is 13.9. The fourth-order valence-corrected chi connectivity index (χ4v) is 6.01. The zero-order valence-corrected chi connectivity index (χ0v) is 23.2. The van der Waals surface area contributed by atoms with Crippen LogP contribution in [0.2, 0.25) is 5.02 Å². The Morgan fingerprint density at radius 3 is 2.33 bits per heavy atom. The highest BCUT2D eigenvalue weighted by molar-refractivity contribution is 7.99. The first-order valence-electron chi connectivity index (χ1n) is 12.3. The van der Waals surface area contributed by atoms with Gasteiger partial charge in [0.15, 0.2) is 5.11 Å². The normalized spacial score (nSPS) is 16.6. The van der Waals surface area contributed by atoms with Crippen LogP contribution < -0.4 is 10.2 Å². The Kier molecular flexibility index (Phi) is 7.21. The largest absolute Gasteiger partial charge is 0.351 e. The lowest BCUT2D eigenvalue weighted by molar-refractivity contribution is -0.384. The van der Waals surface area contributed by atoms with Crippen LogP contribution in [-0.2, 0) is 0 Å². The van der Waals surface area contributed by atoms with Gasteiger partial charge in [-0.2, -0.15) is 0 Å². The second-order valence-corrected chi connectivity index (χ2v) is 11.0. The van der Waals surface area contributed by atoms with E-state index < -0.39 is 4.92 Å². The molecule has 1 N–H and O–H groups in total. The van der Waals surface area contributed by atoms with E-state index in [2.05, 4.69) is 26.3 Å². The Morgan fingerprint density at radius 1 is 0.925 bits per heavy atom. The Bertz CT molecular complexity index is 1660. The highest BCUT2D eigenvalue weighted by Crippen LogP contribution is 2.42. The standard InChI is InChI=1S/C29H21ClN6O2S2/c30-19-6-15-26(32-18-19)34-17-3-5-25(34)28-27(24-4-1-2-16-31-24)33-29(39)35(28)20-7-11-22(12-8-20)40-23-13-9-21(10-14-23)36(37)38/h1-18,27-28H,(H,33,39)/t27-,28+/m1/s1. The molecule has 5 aromatic rings. The van der Waals surface area contributed by atoms with Crippen molar-refractivity contribution in [2.24, 2.45) is 0 Å². The van der Waals surface area contributed by atoms with Gasteiger partial charge in [0.25, 0.3) is 5.69 Å². The van der Waals surface area contributed by atoms with Crippen molar-refractivity contribution >= 4 is 52.1 Å². The summed E-state index contributed by atoms with van der Waals surface area (Å²) < 4.78 is 2.04. The molecule has 4 heterocycles. The molecule has 6 rings (SSSR count). The number of nitro groups is 1. The smallest absolute Gasteiger partial charge is 0.269 e. The van der Waals surface area contributed by atoms with Crippen LogP contribution in [0.4, 0.5) is 11.4 Å². The monoisotopic (exact) mass is 584 g/mol. The fourth-order valence-electron chi connectivity index (χ4n) is 4.73. The van der Waals surface area contributed by atoms with Gasteiger partial charge in [0.1, 0.15) is 11.9 Å². The maximum atomic E-state index is 11.0. The van der Waals surface area contributed by atoms with E-state index in [9.17, 15) is 10.1 Å². The molecule has 8 nitrogen and oxygen atoms in total. The average molecular weight is 585 g/mol. The topological polar surface area (TPSA) is 89.1 Å². The van der Waals surface area contributed by atoms with Gasteiger partial charge < -0.3 is 14.8 Å². The molecule has 40 heavy (non-hydrogen) atoms. The summed E-state index contributed by atoms with van der Waals surface area (Å²) in [6, 6.07) is 27.8. The van der Waals surface area contributed by atoms with Crippen molar-refractivity contribution < 1.29 is 4.92 Å². The summed E-state index contributed by atoms with van der Waals surface area (Å²) in [4.78, 5) is 23.8. The van der Waals surface area contributed by atoms with E-state index in [1.54, 1.807) is 24.5 Å². The molecule has 1 aliphatic rings. The number of hydrogen-bond acceptors (Lipinski definition) is 6. The molecule has 0 spiro atoms. The molecule has 0 unspecified atom stereocenters. The third-order valence-electron chi connectivity index (χ3n) is 6.54. The van der Waals surface area contributed by atoms with Gasteiger partial charge in [-0.3, -0.25) is 15.1 Å². The molecular weight excluding hydrogens is 564 g/mol. The summed E-state index contributed by atoms with van der Waals surface area (Å²) in [5, 5.41) is 15.6. The number of pyridine rings is 2. The minimum Gasteiger partial charge on any atom is -0.351 e. The fraction of sp³-hybridized carbons (Fsp3) is 0.0690. The Hall–Kier alpha value is -4.25. The van der Waals surface area contributed by atoms with Crippen molar-refractivity contribution in [2.45, 2.75) is 21.9 Å². The Labute approximate surface area is 244 Å².